The van der Waals surface area contributed by atoms with E-state index in [4.69, 9.17) is 19.1 Å². The predicted molar refractivity (Wildman–Crippen MR) is 212 cm³/mol. The van der Waals surface area contributed by atoms with Crippen molar-refractivity contribution in [1.82, 2.24) is 0 Å². The van der Waals surface area contributed by atoms with Crippen LogP contribution in [0.3, 0.4) is 0 Å². The molecule has 3 unspecified atom stereocenters. The Morgan fingerprint density at radius 3 is 1.46 bits per heavy atom. The van der Waals surface area contributed by atoms with Crippen LogP contribution in [-0.4, -0.2) is 60.8 Å². The van der Waals surface area contributed by atoms with Crippen molar-refractivity contribution in [1.29, 1.82) is 0 Å². The summed E-state index contributed by atoms with van der Waals surface area (Å²) in [5, 5.41) is 18.3. The van der Waals surface area contributed by atoms with Gasteiger partial charge >= 0.3 is 41.5 Å². The minimum absolute atomic E-state index is 0. The number of unbranched alkanes of at least 4 members (excludes halogenated alkanes) is 16. The molecular formula is C42H74NaO10P. The Hall–Kier alpha value is -1.07. The number of hydrogen-bond donors (Lipinski definition) is 2. The van der Waals surface area contributed by atoms with E-state index in [2.05, 4.69) is 67.0 Å². The maximum absolute atomic E-state index is 12.6. The van der Waals surface area contributed by atoms with Crippen molar-refractivity contribution < 1.29 is 77.3 Å². The Balaban J connectivity index is 0. The summed E-state index contributed by atoms with van der Waals surface area (Å²) in [4.78, 5) is 37.1. The summed E-state index contributed by atoms with van der Waals surface area (Å²) in [6.07, 6.45) is 39.0. The molecule has 0 heterocycles. The fourth-order valence-corrected chi connectivity index (χ4v) is 6.00. The van der Waals surface area contributed by atoms with Gasteiger partial charge in [-0.2, -0.15) is 0 Å². The number of hydrogen-bond acceptors (Lipinski definition) is 10. The van der Waals surface area contributed by atoms with Gasteiger partial charge in [-0.3, -0.25) is 14.2 Å². The van der Waals surface area contributed by atoms with Crippen LogP contribution in [-0.2, 0) is 32.7 Å². The SMILES string of the molecule is CCCCC/C=C/C/C=C/CCCCCCCC(=O)OCC(COP(=O)([O-])OCC(O)CO)OC(=O)CCCCCCC/C=C/C/C=C/CCCCC.[Na+]. The van der Waals surface area contributed by atoms with Gasteiger partial charge in [0.2, 0.25) is 0 Å². The molecule has 12 heteroatoms. The molecule has 0 rings (SSSR count). The van der Waals surface area contributed by atoms with Gasteiger partial charge in [-0.1, -0.05) is 127 Å². The van der Waals surface area contributed by atoms with Gasteiger partial charge in [0.1, 0.15) is 12.7 Å². The second-order valence-electron chi connectivity index (χ2n) is 13.6. The van der Waals surface area contributed by atoms with Crippen LogP contribution in [0.4, 0.5) is 0 Å². The molecule has 10 nitrogen and oxygen atoms in total. The molecule has 0 saturated heterocycles. The van der Waals surface area contributed by atoms with E-state index < -0.39 is 51.8 Å². The molecule has 0 fully saturated rings. The van der Waals surface area contributed by atoms with Gasteiger partial charge in [0.05, 0.1) is 19.8 Å². The average Bonchev–Trinajstić information content (AvgIpc) is 3.14. The first-order valence-electron chi connectivity index (χ1n) is 20.6. The molecule has 54 heavy (non-hydrogen) atoms. The number of phosphoric acid groups is 1. The number of rotatable bonds is 38. The van der Waals surface area contributed by atoms with Crippen LogP contribution in [0.15, 0.2) is 48.6 Å². The molecule has 0 aliphatic carbocycles. The van der Waals surface area contributed by atoms with Crippen molar-refractivity contribution in [2.75, 3.05) is 26.4 Å². The molecule has 0 aromatic carbocycles. The molecule has 0 aliphatic rings. The molecule has 0 saturated carbocycles. The summed E-state index contributed by atoms with van der Waals surface area (Å²) in [5.41, 5.74) is 0. The third-order valence-corrected chi connectivity index (χ3v) is 9.38. The van der Waals surface area contributed by atoms with Gasteiger partial charge in [-0.05, 0) is 77.0 Å². The van der Waals surface area contributed by atoms with Gasteiger partial charge in [0.25, 0.3) is 7.82 Å². The van der Waals surface area contributed by atoms with Gasteiger partial charge < -0.3 is 33.6 Å². The molecule has 308 valence electrons. The third-order valence-electron chi connectivity index (χ3n) is 8.45. The van der Waals surface area contributed by atoms with E-state index in [1.807, 2.05) is 0 Å². The standard InChI is InChI=1S/C42H75O10P.Na/c1-3-5-7-9-11-13-15-17-19-21-23-25-27-29-31-33-41(45)49-37-40(38-51-53(47,48)50-36-39(44)35-43)52-42(46)34-32-30-28-26-24-22-20-18-16-14-12-10-8-6-4-2;/h11-14,17-20,39-40,43-44H,3-10,15-16,21-38H2,1-2H3,(H,47,48);/q;+1/p-1/b13-11+,14-12+,19-17+,20-18+;. The van der Waals surface area contributed by atoms with Crippen LogP contribution in [0.2, 0.25) is 0 Å². The molecule has 0 aliphatic heterocycles. The number of phosphoric ester groups is 1. The molecule has 0 amide bonds. The molecule has 3 atom stereocenters. The van der Waals surface area contributed by atoms with Crippen molar-refractivity contribution in [2.24, 2.45) is 0 Å². The average molecular weight is 793 g/mol. The topological polar surface area (TPSA) is 152 Å². The Kier molecular flexibility index (Phi) is 42.4. The van der Waals surface area contributed by atoms with Crippen LogP contribution in [0.1, 0.15) is 168 Å². The van der Waals surface area contributed by atoms with E-state index in [9.17, 15) is 24.2 Å². The Bertz CT molecular complexity index is 1030. The summed E-state index contributed by atoms with van der Waals surface area (Å²) < 4.78 is 32.2. The van der Waals surface area contributed by atoms with Crippen LogP contribution < -0.4 is 34.5 Å². The number of ether oxygens (including phenoxy) is 2. The molecule has 0 aromatic rings. The van der Waals surface area contributed by atoms with E-state index in [-0.39, 0.29) is 49.0 Å². The minimum atomic E-state index is -4.87. The molecular weight excluding hydrogens is 718 g/mol. The van der Waals surface area contributed by atoms with Crippen molar-refractivity contribution in [2.45, 2.75) is 180 Å². The van der Waals surface area contributed by atoms with Crippen LogP contribution in [0.25, 0.3) is 0 Å². The normalized spacial score (nSPS) is 14.2. The van der Waals surface area contributed by atoms with Crippen LogP contribution in [0, 0.1) is 0 Å². The summed E-state index contributed by atoms with van der Waals surface area (Å²) in [6, 6.07) is 0. The monoisotopic (exact) mass is 792 g/mol. The van der Waals surface area contributed by atoms with E-state index in [1.54, 1.807) is 0 Å². The van der Waals surface area contributed by atoms with Crippen LogP contribution in [0.5, 0.6) is 0 Å². The van der Waals surface area contributed by atoms with E-state index in [1.165, 1.54) is 38.5 Å². The Labute approximate surface area is 350 Å². The first-order valence-corrected chi connectivity index (χ1v) is 22.0. The maximum Gasteiger partial charge on any atom is 1.00 e. The fourth-order valence-electron chi connectivity index (χ4n) is 5.22. The summed E-state index contributed by atoms with van der Waals surface area (Å²) in [7, 11) is -4.87. The number of aliphatic hydroxyl groups excluding tert-OH is 2. The Morgan fingerprint density at radius 2 is 1.00 bits per heavy atom. The zero-order valence-electron chi connectivity index (χ0n) is 34.2. The summed E-state index contributed by atoms with van der Waals surface area (Å²) in [5.74, 6) is -0.996. The van der Waals surface area contributed by atoms with Gasteiger partial charge in [0, 0.05) is 12.8 Å². The summed E-state index contributed by atoms with van der Waals surface area (Å²) >= 11 is 0. The molecule has 0 radical (unpaired) electrons. The van der Waals surface area contributed by atoms with E-state index in [0.717, 1.165) is 89.9 Å². The number of allylic oxidation sites excluding steroid dienone is 8. The summed E-state index contributed by atoms with van der Waals surface area (Å²) in [6.45, 7) is 2.10. The van der Waals surface area contributed by atoms with E-state index >= 15 is 0 Å². The van der Waals surface area contributed by atoms with Crippen molar-refractivity contribution >= 4 is 19.8 Å². The number of esters is 2. The van der Waals surface area contributed by atoms with Gasteiger partial charge in [0.15, 0.2) is 6.10 Å². The number of carbonyl (C=O) groups is 2. The predicted octanol–water partition coefficient (Wildman–Crippen LogP) is 6.93. The number of aliphatic hydroxyl groups is 2. The molecule has 0 aromatic heterocycles. The van der Waals surface area contributed by atoms with Crippen molar-refractivity contribution in [3.8, 4) is 0 Å². The van der Waals surface area contributed by atoms with E-state index in [0.29, 0.717) is 12.8 Å². The maximum atomic E-state index is 12.6. The van der Waals surface area contributed by atoms with Crippen LogP contribution >= 0.6 is 7.82 Å². The van der Waals surface area contributed by atoms with Gasteiger partial charge in [-0.15, -0.1) is 0 Å². The fraction of sp³-hybridized carbons (Fsp3) is 0.762. The number of carbonyl (C=O) groups excluding carboxylic acids is 2. The van der Waals surface area contributed by atoms with Crippen molar-refractivity contribution in [3.63, 3.8) is 0 Å². The van der Waals surface area contributed by atoms with Crippen molar-refractivity contribution in [3.05, 3.63) is 48.6 Å². The smallest absolute Gasteiger partial charge is 0.756 e. The first kappa shape index (κ1) is 55.0. The molecule has 0 bridgehead atoms. The zero-order valence-corrected chi connectivity index (χ0v) is 37.1. The second kappa shape index (κ2) is 41.6. The first-order chi connectivity index (χ1) is 25.7. The quantitative estimate of drug-likeness (QED) is 0.0222. The third kappa shape index (κ3) is 40.6. The Morgan fingerprint density at radius 1 is 0.593 bits per heavy atom. The van der Waals surface area contributed by atoms with Gasteiger partial charge in [-0.25, -0.2) is 0 Å². The minimum Gasteiger partial charge on any atom is -0.756 e. The second-order valence-corrected chi connectivity index (χ2v) is 15.0. The zero-order chi connectivity index (χ0) is 39.1. The molecule has 2 N–H and O–H groups in total. The largest absolute Gasteiger partial charge is 1.00 e. The molecule has 0 spiro atoms.